The largest absolute Gasteiger partial charge is 0.507 e. The predicted octanol–water partition coefficient (Wildman–Crippen LogP) is 5.65. The zero-order valence-electron chi connectivity index (χ0n) is 18.3. The second-order valence-electron chi connectivity index (χ2n) is 7.86. The van der Waals surface area contributed by atoms with E-state index in [0.717, 1.165) is 34.7 Å². The minimum atomic E-state index is -4.55. The van der Waals surface area contributed by atoms with Gasteiger partial charge in [0.05, 0.1) is 24.3 Å². The SMILES string of the molecule is COc1cccc(/C(O)=C2\C(=O)C(=O)N(c3ccc(C(F)(F)F)cc3)C2c2cccc(C)c2)c1. The number of aliphatic hydroxyl groups excluding tert-OH is 1. The molecule has 0 aliphatic carbocycles. The van der Waals surface area contributed by atoms with E-state index in [2.05, 4.69) is 0 Å². The molecule has 1 fully saturated rings. The maximum Gasteiger partial charge on any atom is 0.416 e. The lowest BCUT2D eigenvalue weighted by atomic mass is 9.94. The van der Waals surface area contributed by atoms with Crippen molar-refractivity contribution >= 4 is 23.1 Å². The van der Waals surface area contributed by atoms with Crippen LogP contribution in [0.1, 0.15) is 28.3 Å². The van der Waals surface area contributed by atoms with Gasteiger partial charge in [0.1, 0.15) is 11.5 Å². The Morgan fingerprint density at radius 1 is 0.971 bits per heavy atom. The van der Waals surface area contributed by atoms with Crippen LogP contribution in [0.3, 0.4) is 0 Å². The third-order valence-corrected chi connectivity index (χ3v) is 5.62. The van der Waals surface area contributed by atoms with Gasteiger partial charge in [-0.1, -0.05) is 42.0 Å². The summed E-state index contributed by atoms with van der Waals surface area (Å²) in [6.07, 6.45) is -4.55. The van der Waals surface area contributed by atoms with Crippen LogP contribution in [0.15, 0.2) is 78.4 Å². The molecule has 174 valence electrons. The molecular weight excluding hydrogens is 447 g/mol. The minimum absolute atomic E-state index is 0.103. The van der Waals surface area contributed by atoms with Crippen molar-refractivity contribution in [3.8, 4) is 5.75 Å². The number of hydrogen-bond donors (Lipinski definition) is 1. The number of halogens is 3. The standard InChI is InChI=1S/C26H20F3NO4/c1-15-5-3-6-16(13-15)22-21(23(31)17-7-4-8-20(14-17)34-2)24(32)25(33)30(22)19-11-9-18(10-12-19)26(27,28)29/h3-14,22,31H,1-2H3/b23-21+. The molecule has 0 radical (unpaired) electrons. The Bertz CT molecular complexity index is 1300. The summed E-state index contributed by atoms with van der Waals surface area (Å²) < 4.78 is 44.3. The summed E-state index contributed by atoms with van der Waals surface area (Å²) in [5.74, 6) is -1.85. The molecule has 0 saturated carbocycles. The summed E-state index contributed by atoms with van der Waals surface area (Å²) in [4.78, 5) is 27.4. The molecule has 0 bridgehead atoms. The molecule has 1 unspecified atom stereocenters. The van der Waals surface area contributed by atoms with E-state index in [-0.39, 0.29) is 16.8 Å². The lowest BCUT2D eigenvalue weighted by molar-refractivity contribution is -0.137. The summed E-state index contributed by atoms with van der Waals surface area (Å²) >= 11 is 0. The normalized spacial score (nSPS) is 17.8. The third-order valence-electron chi connectivity index (χ3n) is 5.62. The number of hydrogen-bond acceptors (Lipinski definition) is 4. The number of rotatable bonds is 4. The van der Waals surface area contributed by atoms with Crippen molar-refractivity contribution in [3.63, 3.8) is 0 Å². The number of carbonyl (C=O) groups is 2. The Labute approximate surface area is 193 Å². The molecule has 3 aromatic rings. The van der Waals surface area contributed by atoms with Gasteiger partial charge in [-0.15, -0.1) is 0 Å². The lowest BCUT2D eigenvalue weighted by Gasteiger charge is -2.26. The number of benzene rings is 3. The van der Waals surface area contributed by atoms with Crippen LogP contribution in [0.25, 0.3) is 5.76 Å². The molecule has 34 heavy (non-hydrogen) atoms. The van der Waals surface area contributed by atoms with E-state index in [0.29, 0.717) is 11.3 Å². The van der Waals surface area contributed by atoms with Gasteiger partial charge in [0.2, 0.25) is 0 Å². The summed E-state index contributed by atoms with van der Waals surface area (Å²) in [6, 6.07) is 16.3. The van der Waals surface area contributed by atoms with Crippen molar-refractivity contribution in [2.24, 2.45) is 0 Å². The van der Waals surface area contributed by atoms with Crippen LogP contribution in [0.4, 0.5) is 18.9 Å². The molecule has 1 N–H and O–H groups in total. The molecule has 0 spiro atoms. The maximum absolute atomic E-state index is 13.1. The van der Waals surface area contributed by atoms with Crippen LogP contribution in [0.5, 0.6) is 5.75 Å². The summed E-state index contributed by atoms with van der Waals surface area (Å²) in [6.45, 7) is 1.83. The first kappa shape index (κ1) is 23.1. The lowest BCUT2D eigenvalue weighted by Crippen LogP contribution is -2.29. The summed E-state index contributed by atoms with van der Waals surface area (Å²) in [5.41, 5.74) is 0.703. The fourth-order valence-electron chi connectivity index (χ4n) is 3.99. The Hall–Kier alpha value is -4.07. The van der Waals surface area contributed by atoms with E-state index in [1.165, 1.54) is 13.2 Å². The van der Waals surface area contributed by atoms with Gasteiger partial charge in [0.25, 0.3) is 11.7 Å². The average molecular weight is 467 g/mol. The average Bonchev–Trinajstić information content (AvgIpc) is 3.08. The van der Waals surface area contributed by atoms with Crippen LogP contribution >= 0.6 is 0 Å². The van der Waals surface area contributed by atoms with Crippen LogP contribution in [-0.2, 0) is 15.8 Å². The zero-order valence-corrected chi connectivity index (χ0v) is 18.3. The Kier molecular flexibility index (Phi) is 5.91. The van der Waals surface area contributed by atoms with E-state index in [9.17, 15) is 27.9 Å². The monoisotopic (exact) mass is 467 g/mol. The highest BCUT2D eigenvalue weighted by Crippen LogP contribution is 2.43. The highest BCUT2D eigenvalue weighted by atomic mass is 19.4. The molecule has 1 aliphatic rings. The first-order chi connectivity index (χ1) is 16.1. The van der Waals surface area contributed by atoms with Crippen LogP contribution in [-0.4, -0.2) is 23.9 Å². The quantitative estimate of drug-likeness (QED) is 0.306. The van der Waals surface area contributed by atoms with Crippen molar-refractivity contribution in [2.45, 2.75) is 19.1 Å². The van der Waals surface area contributed by atoms with E-state index < -0.39 is 35.2 Å². The molecule has 1 saturated heterocycles. The van der Waals surface area contributed by atoms with E-state index in [4.69, 9.17) is 4.74 Å². The van der Waals surface area contributed by atoms with Crippen molar-refractivity contribution in [1.82, 2.24) is 0 Å². The number of ether oxygens (including phenoxy) is 1. The second-order valence-corrected chi connectivity index (χ2v) is 7.86. The van der Waals surface area contributed by atoms with Crippen molar-refractivity contribution in [1.29, 1.82) is 0 Å². The topological polar surface area (TPSA) is 66.8 Å². The molecule has 5 nitrogen and oxygen atoms in total. The van der Waals surface area contributed by atoms with Gasteiger partial charge in [0, 0.05) is 11.3 Å². The van der Waals surface area contributed by atoms with Gasteiger partial charge in [-0.05, 0) is 48.9 Å². The van der Waals surface area contributed by atoms with Gasteiger partial charge in [-0.2, -0.15) is 13.2 Å². The van der Waals surface area contributed by atoms with E-state index in [1.807, 2.05) is 13.0 Å². The molecule has 3 aromatic carbocycles. The van der Waals surface area contributed by atoms with E-state index >= 15 is 0 Å². The van der Waals surface area contributed by atoms with Crippen LogP contribution in [0, 0.1) is 6.92 Å². The molecule has 4 rings (SSSR count). The number of Topliss-reactive ketones (excluding diaryl/α,β-unsaturated/α-hetero) is 1. The van der Waals surface area contributed by atoms with Crippen molar-refractivity contribution in [3.05, 3.63) is 101 Å². The first-order valence-corrected chi connectivity index (χ1v) is 10.3. The molecule has 1 aliphatic heterocycles. The molecule has 1 amide bonds. The van der Waals surface area contributed by atoms with Crippen molar-refractivity contribution in [2.75, 3.05) is 12.0 Å². The molecule has 0 aromatic heterocycles. The number of carbonyl (C=O) groups excluding carboxylic acids is 2. The van der Waals surface area contributed by atoms with Gasteiger partial charge >= 0.3 is 6.18 Å². The Balaban J connectivity index is 1.91. The van der Waals surface area contributed by atoms with Crippen molar-refractivity contribution < 1.29 is 32.6 Å². The number of amides is 1. The summed E-state index contributed by atoms with van der Waals surface area (Å²) in [5, 5.41) is 11.1. The van der Waals surface area contributed by atoms with Crippen LogP contribution in [0.2, 0.25) is 0 Å². The highest BCUT2D eigenvalue weighted by molar-refractivity contribution is 6.51. The van der Waals surface area contributed by atoms with Gasteiger partial charge in [-0.3, -0.25) is 14.5 Å². The van der Waals surface area contributed by atoms with Crippen LogP contribution < -0.4 is 9.64 Å². The molecule has 1 atom stereocenters. The molecule has 1 heterocycles. The smallest absolute Gasteiger partial charge is 0.416 e. The fraction of sp³-hybridized carbons (Fsp3) is 0.154. The number of aryl methyl sites for hydroxylation is 1. The molecule has 8 heteroatoms. The maximum atomic E-state index is 13.1. The fourth-order valence-corrected chi connectivity index (χ4v) is 3.99. The minimum Gasteiger partial charge on any atom is -0.507 e. The number of methoxy groups -OCH3 is 1. The third kappa shape index (κ3) is 4.14. The molecular formula is C26H20F3NO4. The zero-order chi connectivity index (χ0) is 24.6. The number of ketones is 1. The van der Waals surface area contributed by atoms with Gasteiger partial charge in [-0.25, -0.2) is 0 Å². The number of nitrogens with zero attached hydrogens (tertiary/aromatic N) is 1. The highest BCUT2D eigenvalue weighted by Gasteiger charge is 2.47. The second kappa shape index (κ2) is 8.70. The van der Waals surface area contributed by atoms with Gasteiger partial charge < -0.3 is 9.84 Å². The Morgan fingerprint density at radius 3 is 2.26 bits per heavy atom. The number of anilines is 1. The number of aliphatic hydroxyl groups is 1. The number of alkyl halides is 3. The predicted molar refractivity (Wildman–Crippen MR) is 120 cm³/mol. The van der Waals surface area contributed by atoms with Gasteiger partial charge in [0.15, 0.2) is 0 Å². The summed E-state index contributed by atoms with van der Waals surface area (Å²) in [7, 11) is 1.45. The Morgan fingerprint density at radius 2 is 1.65 bits per heavy atom. The van der Waals surface area contributed by atoms with E-state index in [1.54, 1.807) is 36.4 Å². The first-order valence-electron chi connectivity index (χ1n) is 10.3.